The molecule has 0 aliphatic rings. The van der Waals surface area contributed by atoms with Gasteiger partial charge in [0.15, 0.2) is 0 Å². The number of nitrogens with two attached hydrogens (primary N) is 1. The molecule has 0 atom stereocenters. The average Bonchev–Trinajstić information content (AvgIpc) is 2.33. The third-order valence-corrected chi connectivity index (χ3v) is 4.72. The zero-order valence-electron chi connectivity index (χ0n) is 14.6. The molecule has 0 bridgehead atoms. The molecule has 0 saturated carbocycles. The van der Waals surface area contributed by atoms with Crippen LogP contribution >= 0.6 is 0 Å². The highest BCUT2D eigenvalue weighted by Gasteiger charge is 2.42. The molecule has 0 heterocycles. The number of ether oxygens (including phenoxy) is 1. The third kappa shape index (κ3) is 4.93. The molecule has 0 radical (unpaired) electrons. The predicted molar refractivity (Wildman–Crippen MR) is 85.2 cm³/mol. The molecule has 2 N–H and O–H groups in total. The molecule has 3 heteroatoms. The van der Waals surface area contributed by atoms with Gasteiger partial charge in [0.1, 0.15) is 5.76 Å². The van der Waals surface area contributed by atoms with Crippen molar-refractivity contribution in [2.75, 3.05) is 0 Å². The van der Waals surface area contributed by atoms with E-state index < -0.39 is 11.0 Å². The van der Waals surface area contributed by atoms with E-state index in [0.29, 0.717) is 5.92 Å². The minimum Gasteiger partial charge on any atom is -0.431 e. The molecule has 0 aromatic carbocycles. The van der Waals surface area contributed by atoms with Gasteiger partial charge in [-0.15, -0.1) is 0 Å². The van der Waals surface area contributed by atoms with E-state index in [9.17, 15) is 4.79 Å². The first-order valence-electron chi connectivity index (χ1n) is 7.64. The summed E-state index contributed by atoms with van der Waals surface area (Å²) in [6.07, 6.45) is 3.28. The highest BCUT2D eigenvalue weighted by Crippen LogP contribution is 2.31. The van der Waals surface area contributed by atoms with Crippen molar-refractivity contribution in [2.45, 2.75) is 80.2 Å². The van der Waals surface area contributed by atoms with Crippen LogP contribution in [0.25, 0.3) is 0 Å². The van der Waals surface area contributed by atoms with Crippen molar-refractivity contribution in [3.8, 4) is 0 Å². The molecule has 0 aliphatic heterocycles. The van der Waals surface area contributed by atoms with Crippen LogP contribution in [-0.2, 0) is 9.53 Å². The predicted octanol–water partition coefficient (Wildman–Crippen LogP) is 4.41. The maximum Gasteiger partial charge on any atom is 0.318 e. The maximum atomic E-state index is 12.3. The van der Waals surface area contributed by atoms with Gasteiger partial charge in [-0.3, -0.25) is 4.79 Å². The normalized spacial score (nSPS) is 14.3. The molecule has 0 fully saturated rings. The Bertz CT molecular complexity index is 358. The van der Waals surface area contributed by atoms with E-state index >= 15 is 0 Å². The Kier molecular flexibility index (Phi) is 6.96. The van der Waals surface area contributed by atoms with Crippen LogP contribution in [0, 0.1) is 11.3 Å². The van der Waals surface area contributed by atoms with Crippen molar-refractivity contribution in [1.29, 1.82) is 0 Å². The molecule has 0 unspecified atom stereocenters. The summed E-state index contributed by atoms with van der Waals surface area (Å²) >= 11 is 0. The van der Waals surface area contributed by atoms with Crippen LogP contribution in [0.1, 0.15) is 74.7 Å². The van der Waals surface area contributed by atoms with Gasteiger partial charge in [-0.1, -0.05) is 26.7 Å². The Morgan fingerprint density at radius 2 is 1.55 bits per heavy atom. The monoisotopic (exact) mass is 283 g/mol. The smallest absolute Gasteiger partial charge is 0.318 e. The SMILES string of the molecule is CCC(CC)C/C(C)=C(/C)OC(=O)C(C)(C)C(C)(C)N. The maximum absolute atomic E-state index is 12.3. The van der Waals surface area contributed by atoms with Gasteiger partial charge in [0.2, 0.25) is 0 Å². The van der Waals surface area contributed by atoms with Crippen LogP contribution in [0.4, 0.5) is 0 Å². The number of esters is 1. The molecule has 0 aromatic heterocycles. The summed E-state index contributed by atoms with van der Waals surface area (Å²) in [6, 6.07) is 0. The topological polar surface area (TPSA) is 52.3 Å². The van der Waals surface area contributed by atoms with Gasteiger partial charge >= 0.3 is 5.97 Å². The number of allylic oxidation sites excluding steroid dienone is 2. The van der Waals surface area contributed by atoms with Crippen molar-refractivity contribution < 1.29 is 9.53 Å². The summed E-state index contributed by atoms with van der Waals surface area (Å²) in [5.74, 6) is 1.12. The molecular weight excluding hydrogens is 250 g/mol. The number of rotatable bonds is 7. The van der Waals surface area contributed by atoms with Gasteiger partial charge in [-0.2, -0.15) is 0 Å². The Balaban J connectivity index is 4.90. The fraction of sp³-hybridized carbons (Fsp3) is 0.824. The highest BCUT2D eigenvalue weighted by molar-refractivity contribution is 5.78. The zero-order chi connectivity index (χ0) is 16.1. The molecular formula is C17H33NO2. The van der Waals surface area contributed by atoms with Crippen LogP contribution in [0.5, 0.6) is 0 Å². The summed E-state index contributed by atoms with van der Waals surface area (Å²) < 4.78 is 5.55. The summed E-state index contributed by atoms with van der Waals surface area (Å²) in [7, 11) is 0. The summed E-state index contributed by atoms with van der Waals surface area (Å²) in [4.78, 5) is 12.3. The number of carbonyl (C=O) groups excluding carboxylic acids is 1. The van der Waals surface area contributed by atoms with Gasteiger partial charge in [0, 0.05) is 5.54 Å². The minimum absolute atomic E-state index is 0.258. The first-order chi connectivity index (χ1) is 8.97. The standard InChI is InChI=1S/C17H33NO2/c1-9-14(10-2)11-12(3)13(4)20-15(19)16(5,6)17(7,8)18/h14H,9-11,18H2,1-8H3/b13-12-. The summed E-state index contributed by atoms with van der Waals surface area (Å²) in [5, 5.41) is 0. The third-order valence-electron chi connectivity index (χ3n) is 4.72. The first-order valence-corrected chi connectivity index (χ1v) is 7.64. The van der Waals surface area contributed by atoms with Gasteiger partial charge in [-0.25, -0.2) is 0 Å². The van der Waals surface area contributed by atoms with Gasteiger partial charge < -0.3 is 10.5 Å². The fourth-order valence-corrected chi connectivity index (χ4v) is 1.77. The van der Waals surface area contributed by atoms with Crippen molar-refractivity contribution in [2.24, 2.45) is 17.1 Å². The van der Waals surface area contributed by atoms with Gasteiger partial charge in [0.25, 0.3) is 0 Å². The van der Waals surface area contributed by atoms with Crippen LogP contribution < -0.4 is 5.73 Å². The molecule has 118 valence electrons. The molecule has 0 spiro atoms. The molecule has 20 heavy (non-hydrogen) atoms. The van der Waals surface area contributed by atoms with Gasteiger partial charge in [0.05, 0.1) is 5.41 Å². The fourth-order valence-electron chi connectivity index (χ4n) is 1.77. The molecule has 0 amide bonds. The Hall–Kier alpha value is -0.830. The van der Waals surface area contributed by atoms with Crippen LogP contribution in [-0.4, -0.2) is 11.5 Å². The van der Waals surface area contributed by atoms with Crippen LogP contribution in [0.2, 0.25) is 0 Å². The van der Waals surface area contributed by atoms with Crippen molar-refractivity contribution in [3.63, 3.8) is 0 Å². The molecule has 0 aromatic rings. The van der Waals surface area contributed by atoms with E-state index in [1.165, 1.54) is 0 Å². The van der Waals surface area contributed by atoms with E-state index in [1.54, 1.807) is 0 Å². The first kappa shape index (κ1) is 19.2. The van der Waals surface area contributed by atoms with Gasteiger partial charge in [-0.05, 0) is 59.5 Å². The van der Waals surface area contributed by atoms with E-state index in [4.69, 9.17) is 10.5 Å². The average molecular weight is 283 g/mol. The second kappa shape index (κ2) is 7.26. The van der Waals surface area contributed by atoms with Crippen LogP contribution in [0.15, 0.2) is 11.3 Å². The summed E-state index contributed by atoms with van der Waals surface area (Å²) in [5.41, 5.74) is 5.89. The Morgan fingerprint density at radius 1 is 1.10 bits per heavy atom. The second-order valence-electron chi connectivity index (χ2n) is 6.96. The quantitative estimate of drug-likeness (QED) is 0.556. The van der Waals surface area contributed by atoms with Crippen LogP contribution in [0.3, 0.4) is 0 Å². The second-order valence-corrected chi connectivity index (χ2v) is 6.96. The highest BCUT2D eigenvalue weighted by atomic mass is 16.5. The van der Waals surface area contributed by atoms with E-state index in [2.05, 4.69) is 13.8 Å². The Morgan fingerprint density at radius 3 is 1.90 bits per heavy atom. The lowest BCUT2D eigenvalue weighted by molar-refractivity contribution is -0.152. The number of hydrogen-bond donors (Lipinski definition) is 1. The van der Waals surface area contributed by atoms with Crippen molar-refractivity contribution >= 4 is 5.97 Å². The lowest BCUT2D eigenvalue weighted by Crippen LogP contribution is -2.52. The van der Waals surface area contributed by atoms with Crippen molar-refractivity contribution in [1.82, 2.24) is 0 Å². The summed E-state index contributed by atoms with van der Waals surface area (Å²) in [6.45, 7) is 15.7. The number of hydrogen-bond acceptors (Lipinski definition) is 3. The zero-order valence-corrected chi connectivity index (χ0v) is 14.6. The van der Waals surface area contributed by atoms with E-state index in [1.807, 2.05) is 41.5 Å². The minimum atomic E-state index is -0.719. The molecule has 0 rings (SSSR count). The van der Waals surface area contributed by atoms with Crippen molar-refractivity contribution in [3.05, 3.63) is 11.3 Å². The lowest BCUT2D eigenvalue weighted by Gasteiger charge is -2.36. The molecule has 0 aliphatic carbocycles. The van der Waals surface area contributed by atoms with E-state index in [-0.39, 0.29) is 5.97 Å². The molecule has 3 nitrogen and oxygen atoms in total. The lowest BCUT2D eigenvalue weighted by atomic mass is 9.75. The number of carbonyl (C=O) groups is 1. The van der Waals surface area contributed by atoms with E-state index in [0.717, 1.165) is 30.6 Å². The Labute approximate surface area is 125 Å². The largest absolute Gasteiger partial charge is 0.431 e. The molecule has 0 saturated heterocycles.